The number of benzene rings is 1. The second-order valence-electron chi connectivity index (χ2n) is 3.03. The molecular formula is C12H11NO. The van der Waals surface area contributed by atoms with Crippen molar-refractivity contribution < 1.29 is 5.11 Å². The quantitative estimate of drug-likeness (QED) is 0.778. The number of hydrogen-bond acceptors (Lipinski definition) is 2. The van der Waals surface area contributed by atoms with Crippen LogP contribution in [0.1, 0.15) is 5.56 Å². The van der Waals surface area contributed by atoms with Crippen LogP contribution in [0.25, 0.3) is 16.8 Å². The average Bonchev–Trinajstić information content (AvgIpc) is 2.26. The summed E-state index contributed by atoms with van der Waals surface area (Å²) < 4.78 is 0. The van der Waals surface area contributed by atoms with Crippen LogP contribution in [-0.2, 0) is 0 Å². The van der Waals surface area contributed by atoms with Crippen LogP contribution in [-0.4, -0.2) is 16.7 Å². The summed E-state index contributed by atoms with van der Waals surface area (Å²) in [5, 5.41) is 11.0. The molecule has 0 saturated carbocycles. The second kappa shape index (κ2) is 4.03. The Morgan fingerprint density at radius 1 is 1.21 bits per heavy atom. The number of hydrogen-bond donors (Lipinski definition) is 1. The molecule has 0 unspecified atom stereocenters. The molecular weight excluding hydrogens is 174 g/mol. The zero-order chi connectivity index (χ0) is 9.80. The summed E-state index contributed by atoms with van der Waals surface area (Å²) >= 11 is 0. The molecule has 70 valence electrons. The molecule has 0 radical (unpaired) electrons. The van der Waals surface area contributed by atoms with Crippen molar-refractivity contribution in [2.45, 2.75) is 0 Å². The van der Waals surface area contributed by atoms with E-state index in [1.54, 1.807) is 12.3 Å². The van der Waals surface area contributed by atoms with Gasteiger partial charge in [0.1, 0.15) is 0 Å². The Morgan fingerprint density at radius 3 is 2.93 bits per heavy atom. The normalized spacial score (nSPS) is 11.2. The lowest BCUT2D eigenvalue weighted by Crippen LogP contribution is -1.81. The summed E-state index contributed by atoms with van der Waals surface area (Å²) in [4.78, 5) is 4.13. The van der Waals surface area contributed by atoms with Crippen LogP contribution in [0.15, 0.2) is 42.7 Å². The molecule has 14 heavy (non-hydrogen) atoms. The van der Waals surface area contributed by atoms with Crippen molar-refractivity contribution in [2.75, 3.05) is 6.61 Å². The Balaban J connectivity index is 2.59. The maximum atomic E-state index is 8.69. The van der Waals surface area contributed by atoms with Gasteiger partial charge in [-0.3, -0.25) is 4.98 Å². The fourth-order valence-corrected chi connectivity index (χ4v) is 1.45. The third-order valence-electron chi connectivity index (χ3n) is 2.10. The van der Waals surface area contributed by atoms with Crippen molar-refractivity contribution in [1.29, 1.82) is 0 Å². The summed E-state index contributed by atoms with van der Waals surface area (Å²) in [5.41, 5.74) is 1.04. The number of aliphatic hydroxyl groups excluding tert-OH is 1. The van der Waals surface area contributed by atoms with E-state index in [1.165, 1.54) is 0 Å². The molecule has 0 fully saturated rings. The van der Waals surface area contributed by atoms with Gasteiger partial charge >= 0.3 is 0 Å². The molecule has 2 nitrogen and oxygen atoms in total. The van der Waals surface area contributed by atoms with Gasteiger partial charge in [-0.15, -0.1) is 0 Å². The van der Waals surface area contributed by atoms with Crippen molar-refractivity contribution in [1.82, 2.24) is 4.98 Å². The van der Waals surface area contributed by atoms with Gasteiger partial charge in [0.05, 0.1) is 6.61 Å². The summed E-state index contributed by atoms with van der Waals surface area (Å²) in [5.74, 6) is 0. The van der Waals surface area contributed by atoms with Crippen LogP contribution < -0.4 is 0 Å². The van der Waals surface area contributed by atoms with E-state index in [9.17, 15) is 0 Å². The fourth-order valence-electron chi connectivity index (χ4n) is 1.45. The first-order valence-electron chi connectivity index (χ1n) is 4.52. The highest BCUT2D eigenvalue weighted by atomic mass is 16.2. The third kappa shape index (κ3) is 1.65. The lowest BCUT2D eigenvalue weighted by atomic mass is 10.1. The molecule has 1 aromatic heterocycles. The minimum Gasteiger partial charge on any atom is -0.392 e. The molecule has 0 aliphatic heterocycles. The molecule has 2 heteroatoms. The van der Waals surface area contributed by atoms with Crippen molar-refractivity contribution in [3.05, 3.63) is 48.3 Å². The standard InChI is InChI=1S/C12H11NO/c14-7-3-5-11-9-13-8-10-4-1-2-6-12(10)11/h1-6,8-9,14H,7H2. The Morgan fingerprint density at radius 2 is 2.07 bits per heavy atom. The molecule has 0 aliphatic rings. The molecule has 2 rings (SSSR count). The molecule has 1 N–H and O–H groups in total. The molecule has 1 aromatic carbocycles. The van der Waals surface area contributed by atoms with Crippen LogP contribution in [0.2, 0.25) is 0 Å². The highest BCUT2D eigenvalue weighted by Gasteiger charge is 1.96. The molecule has 2 aromatic rings. The van der Waals surface area contributed by atoms with Gasteiger partial charge in [-0.1, -0.05) is 36.4 Å². The van der Waals surface area contributed by atoms with E-state index in [1.807, 2.05) is 36.5 Å². The van der Waals surface area contributed by atoms with Crippen molar-refractivity contribution >= 4 is 16.8 Å². The van der Waals surface area contributed by atoms with E-state index in [4.69, 9.17) is 5.11 Å². The largest absolute Gasteiger partial charge is 0.392 e. The third-order valence-corrected chi connectivity index (χ3v) is 2.10. The van der Waals surface area contributed by atoms with Crippen LogP contribution in [0.4, 0.5) is 0 Å². The topological polar surface area (TPSA) is 33.1 Å². The van der Waals surface area contributed by atoms with E-state index >= 15 is 0 Å². The lowest BCUT2D eigenvalue weighted by molar-refractivity contribution is 0.343. The molecule has 0 bridgehead atoms. The van der Waals surface area contributed by atoms with Crippen molar-refractivity contribution in [3.8, 4) is 0 Å². The number of aliphatic hydroxyl groups is 1. The van der Waals surface area contributed by atoms with E-state index in [0.717, 1.165) is 16.3 Å². The predicted octanol–water partition coefficient (Wildman–Crippen LogP) is 2.24. The first-order chi connectivity index (χ1) is 6.92. The van der Waals surface area contributed by atoms with E-state index in [2.05, 4.69) is 4.98 Å². The maximum absolute atomic E-state index is 8.69. The van der Waals surface area contributed by atoms with E-state index in [0.29, 0.717) is 0 Å². The smallest absolute Gasteiger partial charge is 0.0615 e. The second-order valence-corrected chi connectivity index (χ2v) is 3.03. The first kappa shape index (κ1) is 8.91. The van der Waals surface area contributed by atoms with Gasteiger partial charge in [0.2, 0.25) is 0 Å². The monoisotopic (exact) mass is 185 g/mol. The van der Waals surface area contributed by atoms with Gasteiger partial charge in [-0.2, -0.15) is 0 Å². The van der Waals surface area contributed by atoms with Gasteiger partial charge < -0.3 is 5.11 Å². The molecule has 0 amide bonds. The zero-order valence-corrected chi connectivity index (χ0v) is 7.72. The van der Waals surface area contributed by atoms with Crippen LogP contribution >= 0.6 is 0 Å². The number of fused-ring (bicyclic) bond motifs is 1. The maximum Gasteiger partial charge on any atom is 0.0615 e. The number of aromatic nitrogens is 1. The van der Waals surface area contributed by atoms with Gasteiger partial charge in [0, 0.05) is 23.3 Å². The van der Waals surface area contributed by atoms with E-state index in [-0.39, 0.29) is 6.61 Å². The summed E-state index contributed by atoms with van der Waals surface area (Å²) in [6.07, 6.45) is 7.24. The zero-order valence-electron chi connectivity index (χ0n) is 7.72. The Labute approximate surface area is 82.5 Å². The minimum atomic E-state index is 0.0588. The van der Waals surface area contributed by atoms with Crippen molar-refractivity contribution in [2.24, 2.45) is 0 Å². The minimum absolute atomic E-state index is 0.0588. The lowest BCUT2D eigenvalue weighted by Gasteiger charge is -2.00. The number of pyridine rings is 1. The molecule has 0 spiro atoms. The molecule has 0 aliphatic carbocycles. The molecule has 0 saturated heterocycles. The van der Waals surface area contributed by atoms with Gasteiger partial charge in [0.15, 0.2) is 0 Å². The predicted molar refractivity (Wildman–Crippen MR) is 57.9 cm³/mol. The summed E-state index contributed by atoms with van der Waals surface area (Å²) in [6, 6.07) is 8.06. The molecule has 0 atom stereocenters. The molecule has 1 heterocycles. The van der Waals surface area contributed by atoms with Crippen LogP contribution in [0.5, 0.6) is 0 Å². The Kier molecular flexibility index (Phi) is 2.56. The van der Waals surface area contributed by atoms with Crippen molar-refractivity contribution in [3.63, 3.8) is 0 Å². The van der Waals surface area contributed by atoms with E-state index < -0.39 is 0 Å². The van der Waals surface area contributed by atoms with Crippen LogP contribution in [0, 0.1) is 0 Å². The SMILES string of the molecule is OCC=Cc1cncc2ccccc12. The summed E-state index contributed by atoms with van der Waals surface area (Å²) in [6.45, 7) is 0.0588. The fraction of sp³-hybridized carbons (Fsp3) is 0.0833. The van der Waals surface area contributed by atoms with Gasteiger partial charge in [-0.05, 0) is 5.39 Å². The first-order valence-corrected chi connectivity index (χ1v) is 4.52. The highest BCUT2D eigenvalue weighted by molar-refractivity contribution is 5.89. The Bertz CT molecular complexity index is 457. The number of nitrogens with zero attached hydrogens (tertiary/aromatic N) is 1. The van der Waals surface area contributed by atoms with Gasteiger partial charge in [-0.25, -0.2) is 0 Å². The Hall–Kier alpha value is -1.67. The summed E-state index contributed by atoms with van der Waals surface area (Å²) in [7, 11) is 0. The average molecular weight is 185 g/mol. The van der Waals surface area contributed by atoms with Gasteiger partial charge in [0.25, 0.3) is 0 Å². The van der Waals surface area contributed by atoms with Crippen LogP contribution in [0.3, 0.4) is 0 Å². The number of rotatable bonds is 2. The highest BCUT2D eigenvalue weighted by Crippen LogP contribution is 2.17.